The summed E-state index contributed by atoms with van der Waals surface area (Å²) in [5, 5.41) is 5.28. The highest BCUT2D eigenvalue weighted by atomic mass is 32.1. The number of nitrogens with one attached hydrogen (secondary N) is 2. The second-order valence-corrected chi connectivity index (χ2v) is 5.08. The molecule has 2 aromatic rings. The van der Waals surface area contributed by atoms with Crippen LogP contribution in [0.4, 0.5) is 0 Å². The Morgan fingerprint density at radius 2 is 2.29 bits per heavy atom. The minimum Gasteiger partial charge on any atom is -0.308 e. The second kappa shape index (κ2) is 4.43. The molecule has 0 aromatic carbocycles. The van der Waals surface area contributed by atoms with Gasteiger partial charge in [0.1, 0.15) is 10.5 Å². The van der Waals surface area contributed by atoms with Crippen LogP contribution in [-0.4, -0.2) is 16.0 Å². The van der Waals surface area contributed by atoms with E-state index in [-0.39, 0.29) is 5.56 Å². The molecular formula is C12H13N3OS. The lowest BCUT2D eigenvalue weighted by Gasteiger charge is -2.10. The molecule has 2 heterocycles. The molecular weight excluding hydrogens is 234 g/mol. The highest BCUT2D eigenvalue weighted by molar-refractivity contribution is 7.17. The molecule has 0 radical (unpaired) electrons. The van der Waals surface area contributed by atoms with Gasteiger partial charge >= 0.3 is 0 Å². The molecule has 2 aromatic heterocycles. The van der Waals surface area contributed by atoms with Gasteiger partial charge in [0.05, 0.1) is 12.1 Å². The average Bonchev–Trinajstić information content (AvgIpc) is 2.97. The zero-order valence-electron chi connectivity index (χ0n) is 9.27. The first-order valence-electron chi connectivity index (χ1n) is 5.68. The van der Waals surface area contributed by atoms with Gasteiger partial charge in [-0.25, -0.2) is 4.98 Å². The van der Waals surface area contributed by atoms with Gasteiger partial charge in [0.15, 0.2) is 0 Å². The monoisotopic (exact) mass is 247 g/mol. The smallest absolute Gasteiger partial charge is 0.268 e. The quantitative estimate of drug-likeness (QED) is 0.813. The molecule has 0 fully saturated rings. The summed E-state index contributed by atoms with van der Waals surface area (Å²) in [6, 6.07) is 2.37. The van der Waals surface area contributed by atoms with Gasteiger partial charge in [-0.3, -0.25) is 4.79 Å². The maximum absolute atomic E-state index is 11.7. The summed E-state index contributed by atoms with van der Waals surface area (Å²) < 4.78 is 0.705. The van der Waals surface area contributed by atoms with Crippen molar-refractivity contribution in [1.29, 1.82) is 0 Å². The van der Waals surface area contributed by atoms with E-state index in [0.717, 1.165) is 18.4 Å². The number of aromatic amines is 1. The molecule has 0 spiro atoms. The number of H-pyrrole nitrogens is 1. The van der Waals surface area contributed by atoms with Crippen LogP contribution in [0.1, 0.15) is 18.7 Å². The SMILES string of the molecule is O=c1[nH]c(CNC2CC=CC2)nc2ccsc12. The zero-order valence-corrected chi connectivity index (χ0v) is 10.1. The van der Waals surface area contributed by atoms with Crippen molar-refractivity contribution in [2.45, 2.75) is 25.4 Å². The number of rotatable bonds is 3. The van der Waals surface area contributed by atoms with Crippen LogP contribution in [0.2, 0.25) is 0 Å². The van der Waals surface area contributed by atoms with E-state index in [1.165, 1.54) is 11.3 Å². The third-order valence-electron chi connectivity index (χ3n) is 2.93. The first-order chi connectivity index (χ1) is 8.33. The van der Waals surface area contributed by atoms with Gasteiger partial charge in [0, 0.05) is 6.04 Å². The fourth-order valence-electron chi connectivity index (χ4n) is 2.03. The number of fused-ring (bicyclic) bond motifs is 1. The van der Waals surface area contributed by atoms with Gasteiger partial charge in [0.2, 0.25) is 0 Å². The third kappa shape index (κ3) is 2.16. The normalized spacial score (nSPS) is 16.0. The Bertz CT molecular complexity index is 605. The molecule has 0 amide bonds. The van der Waals surface area contributed by atoms with Gasteiger partial charge in [-0.05, 0) is 24.3 Å². The predicted octanol–water partition coefficient (Wildman–Crippen LogP) is 1.79. The molecule has 4 nitrogen and oxygen atoms in total. The van der Waals surface area contributed by atoms with Crippen LogP contribution in [0.15, 0.2) is 28.4 Å². The van der Waals surface area contributed by atoms with Crippen LogP contribution in [0.5, 0.6) is 0 Å². The molecule has 5 heteroatoms. The third-order valence-corrected chi connectivity index (χ3v) is 3.83. The minimum atomic E-state index is -0.0358. The molecule has 0 saturated heterocycles. The summed E-state index contributed by atoms with van der Waals surface area (Å²) >= 11 is 1.43. The predicted molar refractivity (Wildman–Crippen MR) is 69.2 cm³/mol. The summed E-state index contributed by atoms with van der Waals surface area (Å²) in [6.07, 6.45) is 6.47. The lowest BCUT2D eigenvalue weighted by molar-refractivity contribution is 0.527. The fraction of sp³-hybridized carbons (Fsp3) is 0.333. The summed E-state index contributed by atoms with van der Waals surface area (Å²) in [7, 11) is 0. The van der Waals surface area contributed by atoms with E-state index in [1.807, 2.05) is 11.4 Å². The molecule has 3 rings (SSSR count). The second-order valence-electron chi connectivity index (χ2n) is 4.17. The molecule has 17 heavy (non-hydrogen) atoms. The summed E-state index contributed by atoms with van der Waals surface area (Å²) in [5.41, 5.74) is 0.756. The summed E-state index contributed by atoms with van der Waals surface area (Å²) in [5.74, 6) is 0.716. The fourth-order valence-corrected chi connectivity index (χ4v) is 2.76. The number of aromatic nitrogens is 2. The maximum Gasteiger partial charge on any atom is 0.268 e. The van der Waals surface area contributed by atoms with E-state index in [4.69, 9.17) is 0 Å². The molecule has 1 aliphatic rings. The molecule has 88 valence electrons. The van der Waals surface area contributed by atoms with Crippen molar-refractivity contribution >= 4 is 21.6 Å². The van der Waals surface area contributed by atoms with E-state index in [0.29, 0.717) is 23.1 Å². The number of thiophene rings is 1. The van der Waals surface area contributed by atoms with Crippen molar-refractivity contribution in [2.75, 3.05) is 0 Å². The molecule has 0 atom stereocenters. The van der Waals surface area contributed by atoms with Crippen LogP contribution in [-0.2, 0) is 6.54 Å². The standard InChI is InChI=1S/C12H13N3OS/c16-12-11-9(5-6-17-11)14-10(15-12)7-13-8-3-1-2-4-8/h1-2,5-6,8,13H,3-4,7H2,(H,14,15,16). The zero-order chi connectivity index (χ0) is 11.7. The van der Waals surface area contributed by atoms with Crippen LogP contribution in [0.25, 0.3) is 10.2 Å². The average molecular weight is 247 g/mol. The number of hydrogen-bond acceptors (Lipinski definition) is 4. The van der Waals surface area contributed by atoms with E-state index >= 15 is 0 Å². The van der Waals surface area contributed by atoms with Gasteiger partial charge in [-0.1, -0.05) is 12.2 Å². The Morgan fingerprint density at radius 1 is 1.47 bits per heavy atom. The maximum atomic E-state index is 11.7. The van der Waals surface area contributed by atoms with E-state index in [9.17, 15) is 4.79 Å². The van der Waals surface area contributed by atoms with Gasteiger partial charge in [0.25, 0.3) is 5.56 Å². The molecule has 0 unspecified atom stereocenters. The van der Waals surface area contributed by atoms with Crippen molar-refractivity contribution < 1.29 is 0 Å². The van der Waals surface area contributed by atoms with E-state index in [2.05, 4.69) is 27.4 Å². The van der Waals surface area contributed by atoms with Crippen LogP contribution < -0.4 is 10.9 Å². The topological polar surface area (TPSA) is 57.8 Å². The van der Waals surface area contributed by atoms with Crippen molar-refractivity contribution in [3.8, 4) is 0 Å². The first-order valence-corrected chi connectivity index (χ1v) is 6.55. The molecule has 2 N–H and O–H groups in total. The van der Waals surface area contributed by atoms with Crippen molar-refractivity contribution in [3.05, 3.63) is 39.8 Å². The Balaban J connectivity index is 1.78. The van der Waals surface area contributed by atoms with E-state index in [1.54, 1.807) is 0 Å². The number of nitrogens with zero attached hydrogens (tertiary/aromatic N) is 1. The summed E-state index contributed by atoms with van der Waals surface area (Å²) in [4.78, 5) is 19.0. The Hall–Kier alpha value is -1.46. The Morgan fingerprint density at radius 3 is 3.12 bits per heavy atom. The molecule has 0 bridgehead atoms. The Kier molecular flexibility index (Phi) is 2.78. The Labute approximate surface area is 102 Å². The molecule has 0 saturated carbocycles. The van der Waals surface area contributed by atoms with Crippen molar-refractivity contribution in [1.82, 2.24) is 15.3 Å². The molecule has 1 aliphatic carbocycles. The lowest BCUT2D eigenvalue weighted by Crippen LogP contribution is -2.27. The lowest BCUT2D eigenvalue weighted by atomic mass is 10.2. The summed E-state index contributed by atoms with van der Waals surface area (Å²) in [6.45, 7) is 0.618. The highest BCUT2D eigenvalue weighted by Gasteiger charge is 2.10. The van der Waals surface area contributed by atoms with Crippen molar-refractivity contribution in [2.24, 2.45) is 0 Å². The largest absolute Gasteiger partial charge is 0.308 e. The van der Waals surface area contributed by atoms with Gasteiger partial charge in [-0.15, -0.1) is 11.3 Å². The minimum absolute atomic E-state index is 0.0358. The highest BCUT2D eigenvalue weighted by Crippen LogP contribution is 2.14. The van der Waals surface area contributed by atoms with Gasteiger partial charge in [-0.2, -0.15) is 0 Å². The van der Waals surface area contributed by atoms with E-state index < -0.39 is 0 Å². The van der Waals surface area contributed by atoms with Gasteiger partial charge < -0.3 is 10.3 Å². The number of hydrogen-bond donors (Lipinski definition) is 2. The van der Waals surface area contributed by atoms with Crippen LogP contribution in [0, 0.1) is 0 Å². The van der Waals surface area contributed by atoms with Crippen molar-refractivity contribution in [3.63, 3.8) is 0 Å². The first kappa shape index (κ1) is 10.7. The molecule has 0 aliphatic heterocycles. The van der Waals surface area contributed by atoms with Crippen LogP contribution >= 0.6 is 11.3 Å². The van der Waals surface area contributed by atoms with Crippen LogP contribution in [0.3, 0.4) is 0 Å².